The van der Waals surface area contributed by atoms with Crippen molar-refractivity contribution in [3.05, 3.63) is 101 Å². The van der Waals surface area contributed by atoms with Crippen LogP contribution in [0.15, 0.2) is 88.3 Å². The third-order valence-electron chi connectivity index (χ3n) is 4.32. The number of rotatable bonds is 3. The molecule has 1 N–H and O–H groups in total. The Kier molecular flexibility index (Phi) is 4.96. The molecule has 0 spiro atoms. The summed E-state index contributed by atoms with van der Waals surface area (Å²) in [5.41, 5.74) is 3.49. The molecule has 0 unspecified atom stereocenters. The number of amides is 1. The van der Waals surface area contributed by atoms with Gasteiger partial charge in [-0.15, -0.1) is 0 Å². The summed E-state index contributed by atoms with van der Waals surface area (Å²) in [6.45, 7) is 1.92. The Bertz CT molecular complexity index is 1230. The lowest BCUT2D eigenvalue weighted by molar-refractivity contribution is 0.102. The van der Waals surface area contributed by atoms with Gasteiger partial charge in [-0.05, 0) is 48.9 Å². The highest BCUT2D eigenvalue weighted by atomic mass is 35.5. The van der Waals surface area contributed by atoms with Crippen molar-refractivity contribution in [2.45, 2.75) is 6.92 Å². The molecule has 0 fully saturated rings. The van der Waals surface area contributed by atoms with Crippen LogP contribution in [0.5, 0.6) is 0 Å². The van der Waals surface area contributed by atoms with Gasteiger partial charge in [-0.1, -0.05) is 54.1 Å². The van der Waals surface area contributed by atoms with Gasteiger partial charge in [-0.3, -0.25) is 4.79 Å². The normalized spacial score (nSPS) is 11.6. The number of nitrogens with zero attached hydrogens (tertiary/aromatic N) is 1. The molecular formula is C23H17ClN2O2. The van der Waals surface area contributed by atoms with E-state index in [0.717, 1.165) is 10.9 Å². The molecule has 0 bridgehead atoms. The van der Waals surface area contributed by atoms with Crippen molar-refractivity contribution < 1.29 is 9.21 Å². The predicted molar refractivity (Wildman–Crippen MR) is 112 cm³/mol. The van der Waals surface area contributed by atoms with Gasteiger partial charge in [-0.2, -0.15) is 0 Å². The molecule has 0 aliphatic heterocycles. The lowest BCUT2D eigenvalue weighted by Gasteiger charge is -2.07. The number of nitrogens with one attached hydrogen (secondary N) is 1. The highest BCUT2D eigenvalue weighted by molar-refractivity contribution is 6.31. The summed E-state index contributed by atoms with van der Waals surface area (Å²) in [6, 6.07) is 24.0. The number of para-hydroxylation sites is 2. The first-order valence-corrected chi connectivity index (χ1v) is 9.18. The van der Waals surface area contributed by atoms with Crippen molar-refractivity contribution in [2.24, 2.45) is 4.99 Å². The van der Waals surface area contributed by atoms with Crippen molar-refractivity contribution in [3.63, 3.8) is 0 Å². The quantitative estimate of drug-likeness (QED) is 0.476. The van der Waals surface area contributed by atoms with E-state index in [9.17, 15) is 4.79 Å². The number of carbonyl (C=O) groups is 1. The summed E-state index contributed by atoms with van der Waals surface area (Å²) < 4.78 is 5.96. The molecule has 0 atom stereocenters. The predicted octanol–water partition coefficient (Wildman–Crippen LogP) is 5.88. The fraction of sp³-hybridized carbons (Fsp3) is 0.0435. The number of aryl methyl sites for hydroxylation is 1. The summed E-state index contributed by atoms with van der Waals surface area (Å²) in [5.74, 6) is -0.294. The maximum Gasteiger partial charge on any atom is 0.261 e. The molecule has 28 heavy (non-hydrogen) atoms. The van der Waals surface area contributed by atoms with E-state index in [1.807, 2.05) is 73.7 Å². The van der Waals surface area contributed by atoms with E-state index in [4.69, 9.17) is 16.0 Å². The lowest BCUT2D eigenvalue weighted by atomic mass is 10.1. The molecule has 5 heteroatoms. The third-order valence-corrected chi connectivity index (χ3v) is 4.73. The first-order chi connectivity index (χ1) is 13.6. The molecule has 0 radical (unpaired) electrons. The number of fused-ring (bicyclic) bond motifs is 1. The number of benzene rings is 3. The van der Waals surface area contributed by atoms with E-state index in [-0.39, 0.29) is 11.5 Å². The van der Waals surface area contributed by atoms with Crippen LogP contribution in [0.1, 0.15) is 15.9 Å². The van der Waals surface area contributed by atoms with Crippen molar-refractivity contribution in [1.29, 1.82) is 0 Å². The van der Waals surface area contributed by atoms with E-state index < -0.39 is 0 Å². The van der Waals surface area contributed by atoms with E-state index in [2.05, 4.69) is 10.3 Å². The van der Waals surface area contributed by atoms with Crippen molar-refractivity contribution in [2.75, 3.05) is 5.32 Å². The van der Waals surface area contributed by atoms with Crippen LogP contribution in [0.25, 0.3) is 11.0 Å². The molecule has 1 heterocycles. The fourth-order valence-corrected chi connectivity index (χ4v) is 2.98. The minimum absolute atomic E-state index is 0.229. The molecule has 1 amide bonds. The van der Waals surface area contributed by atoms with Crippen LogP contribution in [-0.2, 0) is 0 Å². The van der Waals surface area contributed by atoms with Gasteiger partial charge in [-0.25, -0.2) is 4.99 Å². The minimum Gasteiger partial charge on any atom is -0.438 e. The van der Waals surface area contributed by atoms with Crippen LogP contribution in [0.2, 0.25) is 5.02 Å². The SMILES string of the molecule is Cc1ccc(N=c2oc3ccccc3cc2C(=O)Nc2ccccc2)cc1Cl. The largest absolute Gasteiger partial charge is 0.438 e. The highest BCUT2D eigenvalue weighted by Gasteiger charge is 2.13. The summed E-state index contributed by atoms with van der Waals surface area (Å²) in [7, 11) is 0. The van der Waals surface area contributed by atoms with Gasteiger partial charge in [0.15, 0.2) is 0 Å². The third kappa shape index (κ3) is 3.82. The number of carbonyl (C=O) groups excluding carboxylic acids is 1. The smallest absolute Gasteiger partial charge is 0.261 e. The van der Waals surface area contributed by atoms with Crippen LogP contribution < -0.4 is 10.9 Å². The Hall–Kier alpha value is -3.37. The molecule has 3 aromatic carbocycles. The summed E-state index contributed by atoms with van der Waals surface area (Å²) in [5, 5.41) is 4.31. The first kappa shape index (κ1) is 18.0. The number of halogens is 1. The molecule has 0 saturated carbocycles. The zero-order valence-electron chi connectivity index (χ0n) is 15.1. The Morgan fingerprint density at radius 1 is 0.964 bits per heavy atom. The lowest BCUT2D eigenvalue weighted by Crippen LogP contribution is -2.21. The van der Waals surface area contributed by atoms with E-state index in [1.165, 1.54) is 0 Å². The number of anilines is 1. The van der Waals surface area contributed by atoms with Crippen molar-refractivity contribution in [3.8, 4) is 0 Å². The van der Waals surface area contributed by atoms with Gasteiger partial charge in [0.1, 0.15) is 11.1 Å². The zero-order valence-corrected chi connectivity index (χ0v) is 15.9. The highest BCUT2D eigenvalue weighted by Crippen LogP contribution is 2.22. The van der Waals surface area contributed by atoms with Gasteiger partial charge in [0.25, 0.3) is 5.91 Å². The maximum absolute atomic E-state index is 12.9. The molecule has 138 valence electrons. The van der Waals surface area contributed by atoms with Crippen LogP contribution in [-0.4, -0.2) is 5.91 Å². The second-order valence-corrected chi connectivity index (χ2v) is 6.78. The standard InChI is InChI=1S/C23H17ClN2O2/c1-15-11-12-18(14-20(15)24)26-23-19(13-16-7-5-6-10-21(16)28-23)22(27)25-17-8-3-2-4-9-17/h2-14H,1H3,(H,25,27). The number of hydrogen-bond acceptors (Lipinski definition) is 3. The Morgan fingerprint density at radius 2 is 1.71 bits per heavy atom. The molecule has 0 aliphatic carbocycles. The Morgan fingerprint density at radius 3 is 2.50 bits per heavy atom. The van der Waals surface area contributed by atoms with Crippen molar-refractivity contribution in [1.82, 2.24) is 0 Å². The van der Waals surface area contributed by atoms with Gasteiger partial charge >= 0.3 is 0 Å². The van der Waals surface area contributed by atoms with Gasteiger partial charge in [0.05, 0.1) is 5.69 Å². The molecule has 1 aromatic heterocycles. The Labute approximate surface area is 167 Å². The topological polar surface area (TPSA) is 54.6 Å². The minimum atomic E-state index is -0.294. The summed E-state index contributed by atoms with van der Waals surface area (Å²) >= 11 is 6.21. The second-order valence-electron chi connectivity index (χ2n) is 6.37. The second kappa shape index (κ2) is 7.71. The summed E-state index contributed by atoms with van der Waals surface area (Å²) in [6.07, 6.45) is 0. The average Bonchev–Trinajstić information content (AvgIpc) is 2.71. The molecule has 4 nitrogen and oxygen atoms in total. The van der Waals surface area contributed by atoms with Crippen LogP contribution >= 0.6 is 11.6 Å². The first-order valence-electron chi connectivity index (χ1n) is 8.80. The summed E-state index contributed by atoms with van der Waals surface area (Å²) in [4.78, 5) is 17.5. The van der Waals surface area contributed by atoms with Crippen LogP contribution in [0.4, 0.5) is 11.4 Å². The molecule has 0 saturated heterocycles. The monoisotopic (exact) mass is 388 g/mol. The van der Waals surface area contributed by atoms with E-state index >= 15 is 0 Å². The van der Waals surface area contributed by atoms with Gasteiger partial charge in [0, 0.05) is 16.1 Å². The van der Waals surface area contributed by atoms with Crippen LogP contribution in [0.3, 0.4) is 0 Å². The number of hydrogen-bond donors (Lipinski definition) is 1. The Balaban J connectivity index is 1.85. The van der Waals surface area contributed by atoms with E-state index in [1.54, 1.807) is 12.1 Å². The van der Waals surface area contributed by atoms with Crippen LogP contribution in [0, 0.1) is 6.92 Å². The maximum atomic E-state index is 12.9. The van der Waals surface area contributed by atoms with Gasteiger partial charge < -0.3 is 9.73 Å². The zero-order chi connectivity index (χ0) is 19.5. The van der Waals surface area contributed by atoms with Crippen molar-refractivity contribution >= 4 is 39.9 Å². The van der Waals surface area contributed by atoms with E-state index in [0.29, 0.717) is 27.5 Å². The molecular weight excluding hydrogens is 372 g/mol. The van der Waals surface area contributed by atoms with Gasteiger partial charge in [0.2, 0.25) is 5.55 Å². The fourth-order valence-electron chi connectivity index (χ4n) is 2.80. The molecule has 4 rings (SSSR count). The molecule has 4 aromatic rings. The average molecular weight is 389 g/mol. The molecule has 0 aliphatic rings.